The highest BCUT2D eigenvalue weighted by molar-refractivity contribution is 5.59. The predicted octanol–water partition coefficient (Wildman–Crippen LogP) is 5.19. The van der Waals surface area contributed by atoms with Gasteiger partial charge in [0.15, 0.2) is 0 Å². The van der Waals surface area contributed by atoms with Gasteiger partial charge in [-0.1, -0.05) is 62.0 Å². The highest BCUT2D eigenvalue weighted by atomic mass is 16.7. The lowest BCUT2D eigenvalue weighted by molar-refractivity contribution is -0.774. The maximum Gasteiger partial charge on any atom is 0.512 e. The Bertz CT molecular complexity index is 551. The summed E-state index contributed by atoms with van der Waals surface area (Å²) >= 11 is 0. The standard InChI is InChI=1S/C20H30N2O5/c1-2-3-4-5-6-7-8-9-10-11-12-13-14-15-16-17-18-20(19-23,21(24)25)22(26)27/h3-4,6-7,9-10,12-13,19H,2,5,8,11,14-18H2,1H3/b4-3+,7-6+,10-9+,13-12+. The number of hydrogen-bond donors (Lipinski definition) is 0. The fourth-order valence-corrected chi connectivity index (χ4v) is 2.32. The third kappa shape index (κ3) is 10.9. The first-order valence-electron chi connectivity index (χ1n) is 9.36. The topological polar surface area (TPSA) is 103 Å². The van der Waals surface area contributed by atoms with Gasteiger partial charge >= 0.3 is 5.66 Å². The molecule has 0 radical (unpaired) electrons. The molecule has 0 fully saturated rings. The van der Waals surface area contributed by atoms with Crippen LogP contribution in [-0.2, 0) is 4.79 Å². The van der Waals surface area contributed by atoms with Crippen LogP contribution in [0.3, 0.4) is 0 Å². The van der Waals surface area contributed by atoms with E-state index in [0.29, 0.717) is 6.42 Å². The van der Waals surface area contributed by atoms with Crippen LogP contribution in [0.25, 0.3) is 0 Å². The Balaban J connectivity index is 3.83. The minimum atomic E-state index is -2.69. The summed E-state index contributed by atoms with van der Waals surface area (Å²) in [5.74, 6) is 0. The van der Waals surface area contributed by atoms with Crippen molar-refractivity contribution in [2.75, 3.05) is 0 Å². The van der Waals surface area contributed by atoms with E-state index in [4.69, 9.17) is 0 Å². The van der Waals surface area contributed by atoms with Gasteiger partial charge in [0.25, 0.3) is 6.29 Å². The maximum absolute atomic E-state index is 10.8. The molecular formula is C20H30N2O5. The van der Waals surface area contributed by atoms with Crippen LogP contribution >= 0.6 is 0 Å². The van der Waals surface area contributed by atoms with E-state index in [9.17, 15) is 25.0 Å². The van der Waals surface area contributed by atoms with Crippen LogP contribution in [0.5, 0.6) is 0 Å². The molecule has 0 saturated carbocycles. The van der Waals surface area contributed by atoms with E-state index >= 15 is 0 Å². The average Bonchev–Trinajstić information content (AvgIpc) is 2.64. The Morgan fingerprint density at radius 1 is 0.741 bits per heavy atom. The number of carbonyl (C=O) groups is 1. The molecule has 0 heterocycles. The van der Waals surface area contributed by atoms with Crippen molar-refractivity contribution in [2.45, 2.75) is 70.4 Å². The Hall–Kier alpha value is -2.57. The summed E-state index contributed by atoms with van der Waals surface area (Å²) < 4.78 is 0. The molecule has 150 valence electrons. The summed E-state index contributed by atoms with van der Waals surface area (Å²) in [6.07, 6.45) is 22.6. The molecule has 0 atom stereocenters. The fraction of sp³-hybridized carbons (Fsp3) is 0.550. The first-order chi connectivity index (χ1) is 13.0. The molecule has 0 aromatic carbocycles. The van der Waals surface area contributed by atoms with Gasteiger partial charge in [0.2, 0.25) is 0 Å². The molecule has 0 spiro atoms. The smallest absolute Gasteiger partial charge is 0.287 e. The largest absolute Gasteiger partial charge is 0.512 e. The first kappa shape index (κ1) is 24.4. The van der Waals surface area contributed by atoms with Gasteiger partial charge in [-0.2, -0.15) is 0 Å². The van der Waals surface area contributed by atoms with Crippen LogP contribution < -0.4 is 0 Å². The normalized spacial score (nSPS) is 12.6. The summed E-state index contributed by atoms with van der Waals surface area (Å²) in [6.45, 7) is 2.11. The van der Waals surface area contributed by atoms with Crippen LogP contribution in [0.2, 0.25) is 0 Å². The van der Waals surface area contributed by atoms with Gasteiger partial charge in [-0.25, -0.2) is 0 Å². The van der Waals surface area contributed by atoms with Gasteiger partial charge in [0.05, 0.1) is 6.42 Å². The van der Waals surface area contributed by atoms with Gasteiger partial charge < -0.3 is 0 Å². The fourth-order valence-electron chi connectivity index (χ4n) is 2.32. The van der Waals surface area contributed by atoms with E-state index in [1.54, 1.807) is 0 Å². The predicted molar refractivity (Wildman–Crippen MR) is 107 cm³/mol. The number of carbonyl (C=O) groups excluding carboxylic acids is 1. The lowest BCUT2D eigenvalue weighted by atomic mass is 10.0. The molecule has 27 heavy (non-hydrogen) atoms. The van der Waals surface area contributed by atoms with Crippen molar-refractivity contribution in [1.82, 2.24) is 0 Å². The van der Waals surface area contributed by atoms with Crippen molar-refractivity contribution in [3.63, 3.8) is 0 Å². The van der Waals surface area contributed by atoms with Crippen molar-refractivity contribution in [3.8, 4) is 0 Å². The molecule has 0 aliphatic heterocycles. The second kappa shape index (κ2) is 15.7. The molecule has 7 heteroatoms. The number of aldehydes is 1. The third-order valence-corrected chi connectivity index (χ3v) is 3.96. The van der Waals surface area contributed by atoms with E-state index in [2.05, 4.69) is 43.4 Å². The SMILES string of the molecule is CC/C=C/C/C=C/C/C=C/C/C=C/CCCCCC(C=O)([N+](=O)[O-])[N+](=O)[O-]. The van der Waals surface area contributed by atoms with E-state index in [1.807, 2.05) is 12.2 Å². The van der Waals surface area contributed by atoms with Crippen LogP contribution in [-0.4, -0.2) is 21.8 Å². The summed E-state index contributed by atoms with van der Waals surface area (Å²) in [5.41, 5.74) is -2.69. The first-order valence-corrected chi connectivity index (χ1v) is 9.36. The Morgan fingerprint density at radius 3 is 1.67 bits per heavy atom. The number of hydrogen-bond acceptors (Lipinski definition) is 5. The highest BCUT2D eigenvalue weighted by Gasteiger charge is 2.55. The molecule has 0 saturated heterocycles. The minimum absolute atomic E-state index is 0.170. The number of unbranched alkanes of at least 4 members (excludes halogenated alkanes) is 3. The van der Waals surface area contributed by atoms with Crippen LogP contribution in [0.1, 0.15) is 64.7 Å². The zero-order valence-electron chi connectivity index (χ0n) is 16.0. The minimum Gasteiger partial charge on any atom is -0.287 e. The molecule has 0 aromatic heterocycles. The van der Waals surface area contributed by atoms with Gasteiger partial charge in [-0.3, -0.25) is 25.0 Å². The quantitative estimate of drug-likeness (QED) is 0.0918. The zero-order valence-corrected chi connectivity index (χ0v) is 16.0. The second-order valence-electron chi connectivity index (χ2n) is 6.11. The van der Waals surface area contributed by atoms with Crippen molar-refractivity contribution in [3.05, 3.63) is 68.8 Å². The van der Waals surface area contributed by atoms with Gasteiger partial charge in [-0.15, -0.1) is 0 Å². The van der Waals surface area contributed by atoms with Crippen molar-refractivity contribution in [2.24, 2.45) is 0 Å². The molecule has 0 amide bonds. The monoisotopic (exact) mass is 378 g/mol. The molecule has 0 N–H and O–H groups in total. The maximum atomic E-state index is 10.8. The van der Waals surface area contributed by atoms with E-state index in [1.165, 1.54) is 0 Å². The summed E-state index contributed by atoms with van der Waals surface area (Å²) in [5, 5.41) is 21.6. The zero-order chi connectivity index (χ0) is 20.4. The number of nitrogens with zero attached hydrogens (tertiary/aromatic N) is 2. The second-order valence-corrected chi connectivity index (χ2v) is 6.11. The van der Waals surface area contributed by atoms with Crippen molar-refractivity contribution in [1.29, 1.82) is 0 Å². The molecule has 0 unspecified atom stereocenters. The van der Waals surface area contributed by atoms with E-state index < -0.39 is 15.5 Å². The third-order valence-electron chi connectivity index (χ3n) is 3.96. The molecule has 0 aliphatic rings. The van der Waals surface area contributed by atoms with E-state index in [-0.39, 0.29) is 19.1 Å². The van der Waals surface area contributed by atoms with Crippen LogP contribution in [0, 0.1) is 20.2 Å². The van der Waals surface area contributed by atoms with Gasteiger partial charge in [-0.05, 0) is 44.9 Å². The average molecular weight is 378 g/mol. The van der Waals surface area contributed by atoms with Crippen molar-refractivity contribution >= 4 is 6.29 Å². The molecule has 0 bridgehead atoms. The summed E-state index contributed by atoms with van der Waals surface area (Å²) in [4.78, 5) is 30.2. The summed E-state index contributed by atoms with van der Waals surface area (Å²) in [6, 6.07) is 0. The lowest BCUT2D eigenvalue weighted by Gasteiger charge is -2.10. The molecule has 0 rings (SSSR count). The van der Waals surface area contributed by atoms with E-state index in [0.717, 1.165) is 38.5 Å². The lowest BCUT2D eigenvalue weighted by Crippen LogP contribution is -2.47. The van der Waals surface area contributed by atoms with Gasteiger partial charge in [0.1, 0.15) is 9.85 Å². The Kier molecular flexibility index (Phi) is 14.2. The number of allylic oxidation sites excluding steroid dienone is 8. The molecule has 7 nitrogen and oxygen atoms in total. The van der Waals surface area contributed by atoms with Gasteiger partial charge in [0, 0.05) is 0 Å². The highest BCUT2D eigenvalue weighted by Crippen LogP contribution is 2.18. The number of nitro groups is 2. The Morgan fingerprint density at radius 2 is 1.22 bits per heavy atom. The summed E-state index contributed by atoms with van der Waals surface area (Å²) in [7, 11) is 0. The molecular weight excluding hydrogens is 348 g/mol. The number of rotatable bonds is 16. The molecule has 0 aliphatic carbocycles. The molecule has 0 aromatic rings. The van der Waals surface area contributed by atoms with Crippen LogP contribution in [0.15, 0.2) is 48.6 Å². The van der Waals surface area contributed by atoms with Crippen LogP contribution in [0.4, 0.5) is 0 Å². The van der Waals surface area contributed by atoms with Crippen molar-refractivity contribution < 1.29 is 14.6 Å². The Labute approximate surface area is 160 Å².